The first-order valence-electron chi connectivity index (χ1n) is 24.3. The molecule has 0 saturated heterocycles. The Morgan fingerprint density at radius 3 is 1.44 bits per heavy atom. The van der Waals surface area contributed by atoms with E-state index in [0.29, 0.717) is 68.8 Å². The second-order valence-electron chi connectivity index (χ2n) is 18.5. The third-order valence-electron chi connectivity index (χ3n) is 13.2. The summed E-state index contributed by atoms with van der Waals surface area (Å²) >= 11 is 0. The maximum Gasteiger partial charge on any atom is 0.366 e. The number of sulfonamides is 2. The van der Waals surface area contributed by atoms with Crippen LogP contribution in [0.4, 0.5) is 11.9 Å². The van der Waals surface area contributed by atoms with Gasteiger partial charge in [-0.05, 0) is 105 Å². The maximum atomic E-state index is 14.1. The van der Waals surface area contributed by atoms with Gasteiger partial charge in [0.1, 0.15) is 28.8 Å². The van der Waals surface area contributed by atoms with Crippen LogP contribution >= 0.6 is 0 Å². The predicted octanol–water partition coefficient (Wildman–Crippen LogP) is 6.85. The zero-order valence-electron chi connectivity index (χ0n) is 45.9. The van der Waals surface area contributed by atoms with Crippen molar-refractivity contribution in [1.29, 1.82) is 0 Å². The van der Waals surface area contributed by atoms with Gasteiger partial charge in [0.2, 0.25) is 16.0 Å². The van der Waals surface area contributed by atoms with Crippen molar-refractivity contribution in [2.45, 2.75) is 77.7 Å². The molecule has 77 heavy (non-hydrogen) atoms. The summed E-state index contributed by atoms with van der Waals surface area (Å²) in [6.45, 7) is 14.5. The number of para-hydroxylation sites is 2. The normalized spacial score (nSPS) is 13.1. The van der Waals surface area contributed by atoms with E-state index in [0.717, 1.165) is 26.6 Å². The first kappa shape index (κ1) is 56.6. The van der Waals surface area contributed by atoms with Crippen LogP contribution in [-0.2, 0) is 27.1 Å². The van der Waals surface area contributed by atoms with Gasteiger partial charge in [-0.1, -0.05) is 26.0 Å². The van der Waals surface area contributed by atoms with Gasteiger partial charge in [-0.3, -0.25) is 14.5 Å². The fourth-order valence-electron chi connectivity index (χ4n) is 8.48. The van der Waals surface area contributed by atoms with Gasteiger partial charge in [-0.25, -0.2) is 32.7 Å². The van der Waals surface area contributed by atoms with Gasteiger partial charge in [0, 0.05) is 74.0 Å². The van der Waals surface area contributed by atoms with E-state index in [1.54, 1.807) is 137 Å². The molecule has 8 aromatic rings. The molecule has 24 heteroatoms. The molecular weight excluding hydrogens is 1020 g/mol. The standard InChI is InChI=1S/C27H34N7O4S.C26H31N7O4S/c1-17-12-21(16-28-13-17)26-31-32(5)27(34(26)24-22(37-7)10-9-11-23(24)38-8)33(6)39(35,36)20(4)19(3)25-29-14-18(2)15-30-25;1-16-11-20(15-27-12-16)25-30-31-26(33(25)23-21(36-6)9-8-10-22(23)37-7)32(5)38(34,35)19(4)18(3)24-28-13-17(2)14-29-24/h9-16,19-20H,1-8H3;8-15,18-19H,1-7H3/q+1;/t19-,20-;18-,19-/m00/s1. The molecule has 6 heterocycles. The molecule has 0 aliphatic rings. The van der Waals surface area contributed by atoms with Crippen LogP contribution in [0.2, 0.25) is 0 Å². The van der Waals surface area contributed by atoms with E-state index < -0.39 is 42.4 Å². The minimum Gasteiger partial charge on any atom is -0.494 e. The van der Waals surface area contributed by atoms with Gasteiger partial charge in [-0.15, -0.1) is 14.9 Å². The van der Waals surface area contributed by atoms with Crippen LogP contribution in [0.15, 0.2) is 98.1 Å². The van der Waals surface area contributed by atoms with E-state index in [1.165, 1.54) is 37.3 Å². The fourth-order valence-corrected chi connectivity index (χ4v) is 11.5. The molecule has 4 atom stereocenters. The number of hydrogen-bond donors (Lipinski definition) is 0. The summed E-state index contributed by atoms with van der Waals surface area (Å²) in [7, 11) is 2.92. The zero-order valence-corrected chi connectivity index (χ0v) is 47.5. The Morgan fingerprint density at radius 2 is 0.987 bits per heavy atom. The van der Waals surface area contributed by atoms with E-state index in [4.69, 9.17) is 24.0 Å². The highest BCUT2D eigenvalue weighted by Gasteiger charge is 2.42. The van der Waals surface area contributed by atoms with Crippen molar-refractivity contribution in [3.8, 4) is 57.1 Å². The summed E-state index contributed by atoms with van der Waals surface area (Å²) in [5.41, 5.74) is 5.95. The van der Waals surface area contributed by atoms with Crippen molar-refractivity contribution in [3.63, 3.8) is 0 Å². The molecule has 8 rings (SSSR count). The van der Waals surface area contributed by atoms with E-state index in [-0.39, 0.29) is 11.9 Å². The quantitative estimate of drug-likeness (QED) is 0.0798. The van der Waals surface area contributed by atoms with Crippen LogP contribution in [-0.4, -0.2) is 124 Å². The number of anilines is 2. The predicted molar refractivity (Wildman–Crippen MR) is 292 cm³/mol. The highest BCUT2D eigenvalue weighted by Crippen LogP contribution is 2.40. The number of rotatable bonds is 18. The molecule has 0 radical (unpaired) electrons. The van der Waals surface area contributed by atoms with E-state index in [2.05, 4.69) is 40.1 Å². The van der Waals surface area contributed by atoms with Gasteiger partial charge in [0.05, 0.1) is 58.6 Å². The van der Waals surface area contributed by atoms with Crippen molar-refractivity contribution in [1.82, 2.24) is 54.4 Å². The number of ether oxygens (including phenoxy) is 4. The summed E-state index contributed by atoms with van der Waals surface area (Å²) < 4.78 is 86.0. The Balaban J connectivity index is 0.000000224. The number of aryl methyl sites for hydroxylation is 5. The van der Waals surface area contributed by atoms with Crippen LogP contribution in [0.25, 0.3) is 34.2 Å². The average Bonchev–Trinajstić information content (AvgIpc) is 4.08. The molecule has 2 aromatic carbocycles. The summed E-state index contributed by atoms with van der Waals surface area (Å²) in [5.74, 6) is 3.00. The topological polar surface area (TPSA) is 241 Å². The van der Waals surface area contributed by atoms with E-state index in [9.17, 15) is 16.8 Å². The third kappa shape index (κ3) is 11.4. The number of aromatic nitrogens is 12. The number of methoxy groups -OCH3 is 4. The average molecular weight is 1090 g/mol. The van der Waals surface area contributed by atoms with Gasteiger partial charge < -0.3 is 18.9 Å². The molecule has 22 nitrogen and oxygen atoms in total. The van der Waals surface area contributed by atoms with Crippen molar-refractivity contribution in [2.75, 3.05) is 51.1 Å². The van der Waals surface area contributed by atoms with Crippen LogP contribution in [0, 0.1) is 27.7 Å². The number of nitrogens with zero attached hydrogens (tertiary/aromatic N) is 14. The van der Waals surface area contributed by atoms with E-state index in [1.807, 2.05) is 46.8 Å². The van der Waals surface area contributed by atoms with Crippen LogP contribution in [0.5, 0.6) is 23.0 Å². The lowest BCUT2D eigenvalue weighted by molar-refractivity contribution is -0.571. The molecule has 0 amide bonds. The molecule has 0 aliphatic carbocycles. The van der Waals surface area contributed by atoms with Gasteiger partial charge in [0.25, 0.3) is 15.8 Å². The minimum absolute atomic E-state index is 0.0631. The summed E-state index contributed by atoms with van der Waals surface area (Å²) in [6, 6.07) is 14.5. The summed E-state index contributed by atoms with van der Waals surface area (Å²) in [5, 5.41) is 11.8. The number of hydrogen-bond acceptors (Lipinski definition) is 17. The Hall–Kier alpha value is -8.12. The first-order chi connectivity index (χ1) is 36.6. The van der Waals surface area contributed by atoms with Gasteiger partial charge in [0.15, 0.2) is 23.0 Å². The second kappa shape index (κ2) is 23.4. The highest BCUT2D eigenvalue weighted by atomic mass is 32.2. The minimum atomic E-state index is -3.96. The smallest absolute Gasteiger partial charge is 0.366 e. The lowest BCUT2D eigenvalue weighted by Gasteiger charge is -2.27. The van der Waals surface area contributed by atoms with Crippen LogP contribution < -0.4 is 32.1 Å². The fraction of sp³-hybridized carbons (Fsp3) is 0.358. The Morgan fingerprint density at radius 1 is 0.558 bits per heavy atom. The molecule has 0 spiro atoms. The lowest BCUT2D eigenvalue weighted by atomic mass is 10.1. The molecule has 0 unspecified atom stereocenters. The van der Waals surface area contributed by atoms with Crippen LogP contribution in [0.1, 0.15) is 73.4 Å². The second-order valence-corrected chi connectivity index (χ2v) is 23.2. The largest absolute Gasteiger partial charge is 0.494 e. The Bertz CT molecular complexity index is 3550. The Labute approximate surface area is 449 Å². The zero-order chi connectivity index (χ0) is 56.1. The van der Waals surface area contributed by atoms with Gasteiger partial charge >= 0.3 is 5.95 Å². The molecule has 6 aromatic heterocycles. The SMILES string of the molecule is COc1cccc(OC)c1-[n+]1c(-c2cncc(C)c2)nn(C)c1N(C)S(=O)(=O)[C@@H](C)[C@H](C)c1ncc(C)cn1.COc1cccc(OC)c1-n1c(-c2cncc(C)c2)nnc1N(C)S(=O)(=O)[C@@H](C)[C@H](C)c1ncc(C)cn1. The Kier molecular flexibility index (Phi) is 17.2. The molecule has 0 saturated carbocycles. The number of pyridine rings is 2. The van der Waals surface area contributed by atoms with Crippen molar-refractivity contribution in [3.05, 3.63) is 132 Å². The molecule has 0 N–H and O–H groups in total. The molecule has 0 bridgehead atoms. The van der Waals surface area contributed by atoms with Crippen molar-refractivity contribution in [2.24, 2.45) is 7.05 Å². The lowest BCUT2D eigenvalue weighted by Crippen LogP contribution is -2.46. The third-order valence-corrected chi connectivity index (χ3v) is 17.7. The summed E-state index contributed by atoms with van der Waals surface area (Å²) in [6.07, 6.45) is 13.5. The van der Waals surface area contributed by atoms with E-state index >= 15 is 0 Å². The van der Waals surface area contributed by atoms with Gasteiger partial charge in [-0.2, -0.15) is 17.3 Å². The first-order valence-corrected chi connectivity index (χ1v) is 27.3. The van der Waals surface area contributed by atoms with Crippen molar-refractivity contribution >= 4 is 31.9 Å². The summed E-state index contributed by atoms with van der Waals surface area (Å²) in [4.78, 5) is 26.0. The molecule has 406 valence electrons. The van der Waals surface area contributed by atoms with Crippen LogP contribution in [0.3, 0.4) is 0 Å². The molecular formula is C53H65N14O8S2+. The van der Waals surface area contributed by atoms with Crippen molar-refractivity contribution < 1.29 is 40.4 Å². The molecule has 0 fully saturated rings. The highest BCUT2D eigenvalue weighted by molar-refractivity contribution is 7.93. The molecule has 0 aliphatic heterocycles. The maximum absolute atomic E-state index is 14.1. The number of benzene rings is 2. The monoisotopic (exact) mass is 1090 g/mol.